The molecule has 0 heterocycles. The largest absolute Gasteiger partial charge is 0.573 e. The summed E-state index contributed by atoms with van der Waals surface area (Å²) in [6.45, 7) is 1.92. The molecule has 0 amide bonds. The molecule has 1 aromatic rings. The van der Waals surface area contributed by atoms with Crippen LogP contribution in [0.5, 0.6) is 11.5 Å². The molecule has 1 aromatic carbocycles. The second kappa shape index (κ2) is 7.02. The van der Waals surface area contributed by atoms with Gasteiger partial charge in [-0.05, 0) is 37.1 Å². The lowest BCUT2D eigenvalue weighted by Gasteiger charge is -2.15. The lowest BCUT2D eigenvalue weighted by Crippen LogP contribution is -2.26. The number of hydrogen-bond acceptors (Lipinski definition) is 3. The van der Waals surface area contributed by atoms with Gasteiger partial charge in [0.1, 0.15) is 11.5 Å². The first-order chi connectivity index (χ1) is 9.31. The highest BCUT2D eigenvalue weighted by molar-refractivity contribution is 5.72. The molecule has 1 rings (SSSR count). The first kappa shape index (κ1) is 16.1. The molecule has 1 N–H and O–H groups in total. The third-order valence-corrected chi connectivity index (χ3v) is 2.43. The maximum absolute atomic E-state index is 12.0. The van der Waals surface area contributed by atoms with Gasteiger partial charge in [-0.2, -0.15) is 0 Å². The number of benzene rings is 1. The van der Waals surface area contributed by atoms with Gasteiger partial charge in [-0.1, -0.05) is 13.3 Å². The Morgan fingerprint density at radius 2 is 1.80 bits per heavy atom. The fourth-order valence-corrected chi connectivity index (χ4v) is 1.51. The number of unbranched alkanes of at least 4 members (excludes halogenated alkanes) is 1. The van der Waals surface area contributed by atoms with Crippen molar-refractivity contribution >= 4 is 5.97 Å². The molecule has 0 fully saturated rings. The Morgan fingerprint density at radius 3 is 2.25 bits per heavy atom. The Labute approximate surface area is 114 Å². The van der Waals surface area contributed by atoms with Crippen LogP contribution in [0.3, 0.4) is 0 Å². The number of alkyl halides is 3. The van der Waals surface area contributed by atoms with Gasteiger partial charge in [0.15, 0.2) is 6.10 Å². The molecule has 0 aliphatic rings. The van der Waals surface area contributed by atoms with Gasteiger partial charge < -0.3 is 14.6 Å². The van der Waals surface area contributed by atoms with Crippen molar-refractivity contribution in [3.63, 3.8) is 0 Å². The van der Waals surface area contributed by atoms with Crippen LogP contribution in [0, 0.1) is 0 Å². The van der Waals surface area contributed by atoms with E-state index in [4.69, 9.17) is 9.84 Å². The van der Waals surface area contributed by atoms with E-state index >= 15 is 0 Å². The van der Waals surface area contributed by atoms with Gasteiger partial charge in [0.25, 0.3) is 0 Å². The fraction of sp³-hybridized carbons (Fsp3) is 0.462. The predicted molar refractivity (Wildman–Crippen MR) is 64.7 cm³/mol. The third-order valence-electron chi connectivity index (χ3n) is 2.43. The zero-order valence-corrected chi connectivity index (χ0v) is 10.8. The maximum Gasteiger partial charge on any atom is 0.573 e. The first-order valence-corrected chi connectivity index (χ1v) is 6.07. The monoisotopic (exact) mass is 292 g/mol. The summed E-state index contributed by atoms with van der Waals surface area (Å²) in [5.41, 5.74) is 0. The molecule has 112 valence electrons. The second-order valence-corrected chi connectivity index (χ2v) is 4.11. The summed E-state index contributed by atoms with van der Waals surface area (Å²) in [5, 5.41) is 8.97. The zero-order chi connectivity index (χ0) is 15.2. The van der Waals surface area contributed by atoms with E-state index in [0.29, 0.717) is 12.8 Å². The zero-order valence-electron chi connectivity index (χ0n) is 10.8. The molecule has 0 bridgehead atoms. The Morgan fingerprint density at radius 1 is 1.25 bits per heavy atom. The van der Waals surface area contributed by atoms with E-state index in [0.717, 1.165) is 18.6 Å². The quantitative estimate of drug-likeness (QED) is 0.834. The predicted octanol–water partition coefficient (Wildman–Crippen LogP) is 3.61. The minimum absolute atomic E-state index is 0.183. The number of carbonyl (C=O) groups is 1. The molecule has 7 heteroatoms. The molecule has 1 atom stereocenters. The summed E-state index contributed by atoms with van der Waals surface area (Å²) >= 11 is 0. The molecule has 0 radical (unpaired) electrons. The van der Waals surface area contributed by atoms with Crippen LogP contribution in [0.1, 0.15) is 26.2 Å². The molecule has 0 aliphatic carbocycles. The van der Waals surface area contributed by atoms with Crippen molar-refractivity contribution in [1.82, 2.24) is 0 Å². The molecular weight excluding hydrogens is 277 g/mol. The molecule has 0 aromatic heterocycles. The Kier molecular flexibility index (Phi) is 5.66. The van der Waals surface area contributed by atoms with Crippen LogP contribution < -0.4 is 9.47 Å². The summed E-state index contributed by atoms with van der Waals surface area (Å²) in [6.07, 6.45) is -3.92. The van der Waals surface area contributed by atoms with Crippen LogP contribution in [0.4, 0.5) is 13.2 Å². The Balaban J connectivity index is 2.65. The number of carboxylic acids is 1. The minimum atomic E-state index is -4.76. The molecule has 0 saturated carbocycles. The average Bonchev–Trinajstić information content (AvgIpc) is 2.34. The topological polar surface area (TPSA) is 55.8 Å². The second-order valence-electron chi connectivity index (χ2n) is 4.11. The van der Waals surface area contributed by atoms with E-state index in [1.165, 1.54) is 12.1 Å². The standard InChI is InChI=1S/C13H15F3O4/c1-2-3-4-11(12(17)18)19-9-5-7-10(8-6-9)20-13(14,15)16/h5-8,11H,2-4H2,1H3,(H,17,18). The Bertz CT molecular complexity index is 428. The van der Waals surface area contributed by atoms with Gasteiger partial charge in [0.2, 0.25) is 0 Å². The third kappa shape index (κ3) is 5.81. The number of halogens is 3. The van der Waals surface area contributed by atoms with E-state index in [2.05, 4.69) is 4.74 Å². The first-order valence-electron chi connectivity index (χ1n) is 6.07. The molecule has 0 saturated heterocycles. The van der Waals surface area contributed by atoms with Crippen molar-refractivity contribution in [3.05, 3.63) is 24.3 Å². The van der Waals surface area contributed by atoms with Crippen LogP contribution >= 0.6 is 0 Å². The van der Waals surface area contributed by atoms with Crippen LogP contribution in [-0.2, 0) is 4.79 Å². The van der Waals surface area contributed by atoms with Crippen molar-refractivity contribution in [1.29, 1.82) is 0 Å². The molecule has 0 spiro atoms. The average molecular weight is 292 g/mol. The van der Waals surface area contributed by atoms with E-state index < -0.39 is 18.4 Å². The number of carboxylic acid groups (broad SMARTS) is 1. The maximum atomic E-state index is 12.0. The highest BCUT2D eigenvalue weighted by atomic mass is 19.4. The number of ether oxygens (including phenoxy) is 2. The van der Waals surface area contributed by atoms with Crippen LogP contribution in [0.15, 0.2) is 24.3 Å². The van der Waals surface area contributed by atoms with E-state index in [-0.39, 0.29) is 11.5 Å². The molecule has 1 unspecified atom stereocenters. The highest BCUT2D eigenvalue weighted by Crippen LogP contribution is 2.25. The summed E-state index contributed by atoms with van der Waals surface area (Å²) < 4.78 is 44.8. The van der Waals surface area contributed by atoms with Crippen LogP contribution in [0.2, 0.25) is 0 Å². The van der Waals surface area contributed by atoms with E-state index in [1.54, 1.807) is 0 Å². The minimum Gasteiger partial charge on any atom is -0.479 e. The fourth-order valence-electron chi connectivity index (χ4n) is 1.51. The van der Waals surface area contributed by atoms with Gasteiger partial charge in [-0.15, -0.1) is 13.2 Å². The van der Waals surface area contributed by atoms with E-state index in [9.17, 15) is 18.0 Å². The number of hydrogen-bond donors (Lipinski definition) is 1. The lowest BCUT2D eigenvalue weighted by molar-refractivity contribution is -0.274. The van der Waals surface area contributed by atoms with Gasteiger partial charge in [0.05, 0.1) is 0 Å². The molecule has 20 heavy (non-hydrogen) atoms. The summed E-state index contributed by atoms with van der Waals surface area (Å²) in [6, 6.07) is 4.62. The van der Waals surface area contributed by atoms with Crippen LogP contribution in [-0.4, -0.2) is 23.5 Å². The van der Waals surface area contributed by atoms with Crippen molar-refractivity contribution < 1.29 is 32.5 Å². The Hall–Kier alpha value is -1.92. The van der Waals surface area contributed by atoms with Gasteiger partial charge in [0, 0.05) is 0 Å². The molecule has 0 aliphatic heterocycles. The normalized spacial score (nSPS) is 12.8. The van der Waals surface area contributed by atoms with E-state index in [1.807, 2.05) is 6.92 Å². The van der Waals surface area contributed by atoms with Gasteiger partial charge in [-0.3, -0.25) is 0 Å². The summed E-state index contributed by atoms with van der Waals surface area (Å²) in [7, 11) is 0. The molecular formula is C13H15F3O4. The van der Waals surface area contributed by atoms with Crippen molar-refractivity contribution in [3.8, 4) is 11.5 Å². The lowest BCUT2D eigenvalue weighted by atomic mass is 10.1. The SMILES string of the molecule is CCCCC(Oc1ccc(OC(F)(F)F)cc1)C(=O)O. The van der Waals surface area contributed by atoms with Gasteiger partial charge >= 0.3 is 12.3 Å². The van der Waals surface area contributed by atoms with Crippen molar-refractivity contribution in [2.24, 2.45) is 0 Å². The number of rotatable bonds is 7. The van der Waals surface area contributed by atoms with Crippen LogP contribution in [0.25, 0.3) is 0 Å². The smallest absolute Gasteiger partial charge is 0.479 e. The van der Waals surface area contributed by atoms with Crippen molar-refractivity contribution in [2.75, 3.05) is 0 Å². The number of aliphatic carboxylic acids is 1. The van der Waals surface area contributed by atoms with Crippen molar-refractivity contribution in [2.45, 2.75) is 38.7 Å². The van der Waals surface area contributed by atoms with Gasteiger partial charge in [-0.25, -0.2) is 4.79 Å². The summed E-state index contributed by atoms with van der Waals surface area (Å²) in [4.78, 5) is 11.0. The molecule has 4 nitrogen and oxygen atoms in total. The summed E-state index contributed by atoms with van der Waals surface area (Å²) in [5.74, 6) is -1.30. The highest BCUT2D eigenvalue weighted by Gasteiger charge is 2.31.